The average Bonchev–Trinajstić information content (AvgIpc) is 2.16. The van der Waals surface area contributed by atoms with Crippen LogP contribution in [0.3, 0.4) is 0 Å². The molecule has 1 aliphatic heterocycles. The van der Waals surface area contributed by atoms with Gasteiger partial charge in [-0.25, -0.2) is 0 Å². The van der Waals surface area contributed by atoms with Gasteiger partial charge in [-0.3, -0.25) is 9.59 Å². The number of carboxylic acid groups (broad SMARTS) is 1. The van der Waals surface area contributed by atoms with E-state index < -0.39 is 11.4 Å². The second-order valence-electron chi connectivity index (χ2n) is 5.22. The van der Waals surface area contributed by atoms with Gasteiger partial charge in [0, 0.05) is 13.1 Å². The van der Waals surface area contributed by atoms with Crippen LogP contribution in [0.2, 0.25) is 0 Å². The summed E-state index contributed by atoms with van der Waals surface area (Å²) < 4.78 is 0. The summed E-state index contributed by atoms with van der Waals surface area (Å²) in [6.07, 6.45) is 3.91. The highest BCUT2D eigenvalue weighted by molar-refractivity contribution is 6.02. The van der Waals surface area contributed by atoms with E-state index in [1.54, 1.807) is 4.90 Å². The van der Waals surface area contributed by atoms with E-state index in [0.717, 1.165) is 32.4 Å². The number of carbonyl (C=O) groups is 2. The van der Waals surface area contributed by atoms with Crippen molar-refractivity contribution < 1.29 is 14.7 Å². The monoisotopic (exact) mass is 225 g/mol. The number of hydrogen-bond acceptors (Lipinski definition) is 2. The fourth-order valence-electron chi connectivity index (χ4n) is 2.56. The molecule has 1 saturated carbocycles. The van der Waals surface area contributed by atoms with Gasteiger partial charge in [0.2, 0.25) is 5.91 Å². The van der Waals surface area contributed by atoms with Crippen LogP contribution in [0.1, 0.15) is 39.0 Å². The average molecular weight is 225 g/mol. The number of likely N-dealkylation sites (tertiary alicyclic amines) is 1. The van der Waals surface area contributed by atoms with Crippen LogP contribution in [0.25, 0.3) is 0 Å². The van der Waals surface area contributed by atoms with E-state index in [1.165, 1.54) is 0 Å². The number of carbonyl (C=O) groups excluding carboxylic acids is 1. The van der Waals surface area contributed by atoms with E-state index in [9.17, 15) is 14.7 Å². The predicted octanol–water partition coefficient (Wildman–Crippen LogP) is 1.50. The van der Waals surface area contributed by atoms with Crippen molar-refractivity contribution in [3.8, 4) is 0 Å². The van der Waals surface area contributed by atoms with Crippen LogP contribution in [-0.4, -0.2) is 35.0 Å². The molecule has 4 nitrogen and oxygen atoms in total. The smallest absolute Gasteiger partial charge is 0.319 e. The van der Waals surface area contributed by atoms with Crippen LogP contribution in [0.5, 0.6) is 0 Å². The van der Waals surface area contributed by atoms with E-state index in [2.05, 4.69) is 6.92 Å². The third kappa shape index (κ3) is 1.70. The highest BCUT2D eigenvalue weighted by Gasteiger charge is 2.53. The van der Waals surface area contributed by atoms with Crippen LogP contribution in [0.4, 0.5) is 0 Å². The van der Waals surface area contributed by atoms with Crippen molar-refractivity contribution in [1.29, 1.82) is 0 Å². The molecular weight excluding hydrogens is 206 g/mol. The summed E-state index contributed by atoms with van der Waals surface area (Å²) in [6.45, 7) is 3.64. The second kappa shape index (κ2) is 4.07. The number of nitrogens with zero attached hydrogens (tertiary/aromatic N) is 1. The lowest BCUT2D eigenvalue weighted by atomic mass is 9.67. The van der Waals surface area contributed by atoms with Crippen molar-refractivity contribution in [3.05, 3.63) is 0 Å². The van der Waals surface area contributed by atoms with Gasteiger partial charge in [-0.15, -0.1) is 0 Å². The molecule has 0 radical (unpaired) electrons. The quantitative estimate of drug-likeness (QED) is 0.724. The molecule has 90 valence electrons. The maximum atomic E-state index is 12.2. The molecule has 1 aliphatic carbocycles. The van der Waals surface area contributed by atoms with Crippen molar-refractivity contribution in [2.24, 2.45) is 11.3 Å². The molecule has 2 aliphatic rings. The zero-order valence-electron chi connectivity index (χ0n) is 9.74. The van der Waals surface area contributed by atoms with Crippen molar-refractivity contribution in [1.82, 2.24) is 4.90 Å². The third-order valence-electron chi connectivity index (χ3n) is 4.10. The highest BCUT2D eigenvalue weighted by Crippen LogP contribution is 2.43. The molecule has 0 aromatic rings. The first-order valence-electron chi connectivity index (χ1n) is 6.09. The number of piperidine rings is 1. The summed E-state index contributed by atoms with van der Waals surface area (Å²) in [5.74, 6) is -0.410. The van der Waals surface area contributed by atoms with E-state index in [-0.39, 0.29) is 5.91 Å². The van der Waals surface area contributed by atoms with Gasteiger partial charge in [0.15, 0.2) is 0 Å². The Bertz CT molecular complexity index is 301. The summed E-state index contributed by atoms with van der Waals surface area (Å²) in [5, 5.41) is 9.19. The van der Waals surface area contributed by atoms with E-state index in [0.29, 0.717) is 18.8 Å². The van der Waals surface area contributed by atoms with E-state index in [1.807, 2.05) is 0 Å². The first-order chi connectivity index (χ1) is 7.56. The van der Waals surface area contributed by atoms with Crippen LogP contribution in [0, 0.1) is 11.3 Å². The fraction of sp³-hybridized carbons (Fsp3) is 0.833. The van der Waals surface area contributed by atoms with Gasteiger partial charge in [-0.1, -0.05) is 13.3 Å². The molecule has 0 aromatic heterocycles. The molecule has 0 unspecified atom stereocenters. The SMILES string of the molecule is CC1CCN(C(=O)C2(C(=O)O)CCC2)CC1. The van der Waals surface area contributed by atoms with Crippen molar-refractivity contribution in [2.45, 2.75) is 39.0 Å². The molecule has 4 heteroatoms. The number of carboxylic acids is 1. The van der Waals surface area contributed by atoms with Gasteiger partial charge < -0.3 is 10.0 Å². The molecule has 0 spiro atoms. The number of aliphatic carboxylic acids is 1. The molecule has 1 N–H and O–H groups in total. The Kier molecular flexibility index (Phi) is 2.91. The molecule has 0 atom stereocenters. The molecule has 2 fully saturated rings. The summed E-state index contributed by atoms with van der Waals surface area (Å²) >= 11 is 0. The Labute approximate surface area is 95.6 Å². The van der Waals surface area contributed by atoms with Gasteiger partial charge in [0.1, 0.15) is 5.41 Å². The summed E-state index contributed by atoms with van der Waals surface area (Å²) in [6, 6.07) is 0. The molecule has 0 aromatic carbocycles. The largest absolute Gasteiger partial charge is 0.480 e. The minimum absolute atomic E-state index is 0.141. The molecule has 2 rings (SSSR count). The van der Waals surface area contributed by atoms with Gasteiger partial charge >= 0.3 is 5.97 Å². The maximum absolute atomic E-state index is 12.2. The first kappa shape index (κ1) is 11.4. The molecule has 1 heterocycles. The molecule has 0 bridgehead atoms. The van der Waals surface area contributed by atoms with E-state index in [4.69, 9.17) is 0 Å². The minimum Gasteiger partial charge on any atom is -0.480 e. The fourth-order valence-corrected chi connectivity index (χ4v) is 2.56. The normalized spacial score (nSPS) is 24.9. The predicted molar refractivity (Wildman–Crippen MR) is 58.9 cm³/mol. The lowest BCUT2D eigenvalue weighted by Crippen LogP contribution is -2.54. The van der Waals surface area contributed by atoms with Crippen molar-refractivity contribution in [3.63, 3.8) is 0 Å². The van der Waals surface area contributed by atoms with Crippen LogP contribution >= 0.6 is 0 Å². The molecule has 16 heavy (non-hydrogen) atoms. The van der Waals surface area contributed by atoms with Gasteiger partial charge in [-0.2, -0.15) is 0 Å². The molecule has 1 amide bonds. The second-order valence-corrected chi connectivity index (χ2v) is 5.22. The summed E-state index contributed by atoms with van der Waals surface area (Å²) in [4.78, 5) is 25.2. The van der Waals surface area contributed by atoms with Crippen molar-refractivity contribution >= 4 is 11.9 Å². The van der Waals surface area contributed by atoms with Crippen molar-refractivity contribution in [2.75, 3.05) is 13.1 Å². The van der Waals surface area contributed by atoms with Crippen LogP contribution in [-0.2, 0) is 9.59 Å². The number of hydrogen-bond donors (Lipinski definition) is 1. The lowest BCUT2D eigenvalue weighted by molar-refractivity contribution is -0.168. The van der Waals surface area contributed by atoms with Crippen LogP contribution < -0.4 is 0 Å². The Morgan fingerprint density at radius 2 is 1.81 bits per heavy atom. The topological polar surface area (TPSA) is 57.6 Å². The first-order valence-corrected chi connectivity index (χ1v) is 6.09. The van der Waals surface area contributed by atoms with Gasteiger partial charge in [0.25, 0.3) is 0 Å². The third-order valence-corrected chi connectivity index (χ3v) is 4.10. The summed E-state index contributed by atoms with van der Waals surface area (Å²) in [7, 11) is 0. The van der Waals surface area contributed by atoms with Crippen LogP contribution in [0.15, 0.2) is 0 Å². The molecular formula is C12H19NO3. The lowest BCUT2D eigenvalue weighted by Gasteiger charge is -2.41. The number of rotatable bonds is 2. The van der Waals surface area contributed by atoms with Gasteiger partial charge in [-0.05, 0) is 31.6 Å². The minimum atomic E-state index is -1.07. The zero-order chi connectivity index (χ0) is 11.8. The Balaban J connectivity index is 2.04. The Morgan fingerprint density at radius 3 is 2.19 bits per heavy atom. The standard InChI is InChI=1S/C12H19NO3/c1-9-3-7-13(8-4-9)10(14)12(11(15)16)5-2-6-12/h9H,2-8H2,1H3,(H,15,16). The molecule has 1 saturated heterocycles. The Hall–Kier alpha value is -1.06. The van der Waals surface area contributed by atoms with E-state index >= 15 is 0 Å². The maximum Gasteiger partial charge on any atom is 0.319 e. The number of amides is 1. The summed E-state index contributed by atoms with van der Waals surface area (Å²) in [5.41, 5.74) is -1.07. The van der Waals surface area contributed by atoms with Gasteiger partial charge in [0.05, 0.1) is 0 Å². The zero-order valence-corrected chi connectivity index (χ0v) is 9.74. The highest BCUT2D eigenvalue weighted by atomic mass is 16.4. The Morgan fingerprint density at radius 1 is 1.25 bits per heavy atom.